The number of β-amino-alcohol motifs (C(OH)–C–C–N with tert-alkyl or cyclic N) is 1. The SMILES string of the molecule is COc1ccc(CN2CCN(C3CCCC3)CC2)cc1OCC(O)CN1CCCCC1. The van der Waals surface area contributed by atoms with Gasteiger partial charge in [-0.05, 0) is 56.5 Å². The van der Waals surface area contributed by atoms with E-state index in [4.69, 9.17) is 9.47 Å². The Kier molecular flexibility index (Phi) is 8.48. The molecule has 1 atom stereocenters. The third-order valence-corrected chi connectivity index (χ3v) is 7.23. The van der Waals surface area contributed by atoms with Crippen molar-refractivity contribution in [3.8, 4) is 11.5 Å². The molecule has 0 spiro atoms. The third kappa shape index (κ3) is 6.58. The maximum Gasteiger partial charge on any atom is 0.161 e. The molecular formula is C25H41N3O3. The molecule has 4 rings (SSSR count). The van der Waals surface area contributed by atoms with Gasteiger partial charge in [0.2, 0.25) is 0 Å². The lowest BCUT2D eigenvalue weighted by Crippen LogP contribution is -2.49. The summed E-state index contributed by atoms with van der Waals surface area (Å²) in [6, 6.07) is 7.06. The first-order valence-corrected chi connectivity index (χ1v) is 12.4. The Labute approximate surface area is 188 Å². The topological polar surface area (TPSA) is 48.4 Å². The Morgan fingerprint density at radius 2 is 1.65 bits per heavy atom. The van der Waals surface area contributed by atoms with E-state index in [0.717, 1.165) is 50.3 Å². The summed E-state index contributed by atoms with van der Waals surface area (Å²) in [6.45, 7) is 8.74. The van der Waals surface area contributed by atoms with E-state index < -0.39 is 6.10 Å². The van der Waals surface area contributed by atoms with Gasteiger partial charge >= 0.3 is 0 Å². The first-order chi connectivity index (χ1) is 15.2. The van der Waals surface area contributed by atoms with Gasteiger partial charge < -0.3 is 19.5 Å². The van der Waals surface area contributed by atoms with Gasteiger partial charge in [0.15, 0.2) is 11.5 Å². The molecule has 0 aromatic heterocycles. The molecule has 1 aromatic carbocycles. The molecule has 0 amide bonds. The number of ether oxygens (including phenoxy) is 2. The molecular weight excluding hydrogens is 390 g/mol. The summed E-state index contributed by atoms with van der Waals surface area (Å²) in [7, 11) is 1.67. The quantitative estimate of drug-likeness (QED) is 0.649. The highest BCUT2D eigenvalue weighted by molar-refractivity contribution is 5.43. The molecule has 0 bridgehead atoms. The number of methoxy groups -OCH3 is 1. The molecule has 6 heteroatoms. The maximum absolute atomic E-state index is 10.5. The fraction of sp³-hybridized carbons (Fsp3) is 0.760. The number of piperazine rings is 1. The molecule has 6 nitrogen and oxygen atoms in total. The zero-order chi connectivity index (χ0) is 21.5. The van der Waals surface area contributed by atoms with Crippen molar-refractivity contribution >= 4 is 0 Å². The van der Waals surface area contributed by atoms with Crippen molar-refractivity contribution in [1.82, 2.24) is 14.7 Å². The van der Waals surface area contributed by atoms with Crippen LogP contribution in [-0.2, 0) is 6.54 Å². The zero-order valence-electron chi connectivity index (χ0n) is 19.3. The normalized spacial score (nSPS) is 23.2. The third-order valence-electron chi connectivity index (χ3n) is 7.23. The molecule has 1 N–H and O–H groups in total. The zero-order valence-corrected chi connectivity index (χ0v) is 19.3. The van der Waals surface area contributed by atoms with Crippen LogP contribution in [0.25, 0.3) is 0 Å². The van der Waals surface area contributed by atoms with E-state index in [-0.39, 0.29) is 0 Å². The fourth-order valence-corrected chi connectivity index (χ4v) is 5.43. The summed E-state index contributed by atoms with van der Waals surface area (Å²) in [5.41, 5.74) is 1.25. The van der Waals surface area contributed by atoms with E-state index in [0.29, 0.717) is 13.2 Å². The number of nitrogens with zero attached hydrogens (tertiary/aromatic N) is 3. The lowest BCUT2D eigenvalue weighted by molar-refractivity contribution is 0.0607. The number of rotatable bonds is 9. The summed E-state index contributed by atoms with van der Waals surface area (Å²) in [5, 5.41) is 10.5. The number of aliphatic hydroxyl groups is 1. The van der Waals surface area contributed by atoms with Crippen LogP contribution in [0.15, 0.2) is 18.2 Å². The van der Waals surface area contributed by atoms with Crippen molar-refractivity contribution in [2.45, 2.75) is 63.6 Å². The summed E-state index contributed by atoms with van der Waals surface area (Å²) in [6.07, 6.45) is 8.90. The largest absolute Gasteiger partial charge is 0.493 e. The van der Waals surface area contributed by atoms with E-state index in [1.165, 1.54) is 63.6 Å². The molecule has 31 heavy (non-hydrogen) atoms. The molecule has 3 fully saturated rings. The van der Waals surface area contributed by atoms with Crippen LogP contribution in [0.1, 0.15) is 50.5 Å². The summed E-state index contributed by atoms with van der Waals surface area (Å²) in [5.74, 6) is 1.47. The molecule has 2 saturated heterocycles. The minimum absolute atomic E-state index is 0.302. The number of likely N-dealkylation sites (tertiary alicyclic amines) is 1. The van der Waals surface area contributed by atoms with Crippen molar-refractivity contribution < 1.29 is 14.6 Å². The van der Waals surface area contributed by atoms with Crippen LogP contribution in [0.3, 0.4) is 0 Å². The standard InChI is InChI=1S/C25H41N3O3/c1-30-24-10-9-21(18-27-13-15-28(16-14-27)22-7-3-4-8-22)17-25(24)31-20-23(29)19-26-11-5-2-6-12-26/h9-10,17,22-23,29H,2-8,11-16,18-20H2,1H3. The van der Waals surface area contributed by atoms with Crippen LogP contribution in [0.4, 0.5) is 0 Å². The molecule has 3 aliphatic rings. The number of piperidine rings is 1. The number of hydrogen-bond donors (Lipinski definition) is 1. The van der Waals surface area contributed by atoms with Crippen LogP contribution >= 0.6 is 0 Å². The molecule has 1 saturated carbocycles. The second-order valence-corrected chi connectivity index (χ2v) is 9.56. The van der Waals surface area contributed by atoms with Gasteiger partial charge in [0.05, 0.1) is 7.11 Å². The Morgan fingerprint density at radius 3 is 2.35 bits per heavy atom. The molecule has 1 aliphatic carbocycles. The van der Waals surface area contributed by atoms with Gasteiger partial charge in [-0.2, -0.15) is 0 Å². The molecule has 2 aliphatic heterocycles. The lowest BCUT2D eigenvalue weighted by atomic mass is 10.1. The minimum Gasteiger partial charge on any atom is -0.493 e. The predicted octanol–water partition coefficient (Wildman–Crippen LogP) is 2.98. The molecule has 1 unspecified atom stereocenters. The highest BCUT2D eigenvalue weighted by atomic mass is 16.5. The van der Waals surface area contributed by atoms with Gasteiger partial charge in [0.1, 0.15) is 12.7 Å². The van der Waals surface area contributed by atoms with Crippen molar-refractivity contribution in [2.24, 2.45) is 0 Å². The Bertz CT molecular complexity index is 666. The molecule has 2 heterocycles. The summed E-state index contributed by atoms with van der Waals surface area (Å²) < 4.78 is 11.5. The summed E-state index contributed by atoms with van der Waals surface area (Å²) >= 11 is 0. The number of aliphatic hydroxyl groups excluding tert-OH is 1. The maximum atomic E-state index is 10.5. The number of benzene rings is 1. The highest BCUT2D eigenvalue weighted by Gasteiger charge is 2.26. The van der Waals surface area contributed by atoms with Crippen molar-refractivity contribution in [2.75, 3.05) is 59.5 Å². The van der Waals surface area contributed by atoms with Gasteiger partial charge in [-0.15, -0.1) is 0 Å². The van der Waals surface area contributed by atoms with E-state index in [1.54, 1.807) is 7.11 Å². The van der Waals surface area contributed by atoms with Crippen LogP contribution in [0.5, 0.6) is 11.5 Å². The lowest BCUT2D eigenvalue weighted by Gasteiger charge is -2.38. The van der Waals surface area contributed by atoms with E-state index in [1.807, 2.05) is 6.07 Å². The van der Waals surface area contributed by atoms with Crippen molar-refractivity contribution in [3.63, 3.8) is 0 Å². The summed E-state index contributed by atoms with van der Waals surface area (Å²) in [4.78, 5) is 7.59. The predicted molar refractivity (Wildman–Crippen MR) is 124 cm³/mol. The first-order valence-electron chi connectivity index (χ1n) is 12.4. The molecule has 174 valence electrons. The highest BCUT2D eigenvalue weighted by Crippen LogP contribution is 2.29. The van der Waals surface area contributed by atoms with E-state index in [9.17, 15) is 5.11 Å². The van der Waals surface area contributed by atoms with Crippen LogP contribution < -0.4 is 9.47 Å². The van der Waals surface area contributed by atoms with Crippen molar-refractivity contribution in [1.29, 1.82) is 0 Å². The van der Waals surface area contributed by atoms with Gasteiger partial charge in [-0.1, -0.05) is 25.3 Å². The van der Waals surface area contributed by atoms with Crippen molar-refractivity contribution in [3.05, 3.63) is 23.8 Å². The minimum atomic E-state index is -0.477. The van der Waals surface area contributed by atoms with Crippen LogP contribution in [0, 0.1) is 0 Å². The Morgan fingerprint density at radius 1 is 0.903 bits per heavy atom. The van der Waals surface area contributed by atoms with Crippen LogP contribution in [0.2, 0.25) is 0 Å². The first kappa shape index (κ1) is 22.8. The average molecular weight is 432 g/mol. The number of hydrogen-bond acceptors (Lipinski definition) is 6. The smallest absolute Gasteiger partial charge is 0.161 e. The second-order valence-electron chi connectivity index (χ2n) is 9.56. The van der Waals surface area contributed by atoms with E-state index >= 15 is 0 Å². The van der Waals surface area contributed by atoms with Gasteiger partial charge in [0, 0.05) is 45.3 Å². The second kappa shape index (κ2) is 11.5. The van der Waals surface area contributed by atoms with Gasteiger partial charge in [-0.3, -0.25) is 9.80 Å². The Balaban J connectivity index is 1.26. The molecule has 1 aromatic rings. The van der Waals surface area contributed by atoms with Gasteiger partial charge in [0.25, 0.3) is 0 Å². The Hall–Kier alpha value is -1.34. The fourth-order valence-electron chi connectivity index (χ4n) is 5.43. The average Bonchev–Trinajstić information content (AvgIpc) is 3.34. The van der Waals surface area contributed by atoms with Crippen LogP contribution in [-0.4, -0.2) is 91.5 Å². The molecule has 0 radical (unpaired) electrons. The van der Waals surface area contributed by atoms with E-state index in [2.05, 4.69) is 26.8 Å². The van der Waals surface area contributed by atoms with Gasteiger partial charge in [-0.25, -0.2) is 0 Å². The monoisotopic (exact) mass is 431 g/mol.